The number of amides is 1. The highest BCUT2D eigenvalue weighted by atomic mass is 35.5. The van der Waals surface area contributed by atoms with E-state index in [4.69, 9.17) is 27.9 Å². The maximum absolute atomic E-state index is 12.3. The van der Waals surface area contributed by atoms with Gasteiger partial charge in [-0.2, -0.15) is 4.68 Å². The summed E-state index contributed by atoms with van der Waals surface area (Å²) in [4.78, 5) is 12.3. The van der Waals surface area contributed by atoms with Crippen LogP contribution in [0.5, 0.6) is 5.75 Å². The monoisotopic (exact) mass is 377 g/mol. The number of hydrogen-bond acceptors (Lipinski definition) is 5. The van der Waals surface area contributed by atoms with Gasteiger partial charge in [0.25, 0.3) is 5.91 Å². The molecule has 0 saturated carbocycles. The Balaban J connectivity index is 1.75. The number of carbonyl (C=O) groups is 1. The standard InChI is InChI=1S/C16H13Cl2N5O2/c1-25-12-5-3-11(4-6-12)23-15(20-21-22-23)9-19-16(24)13-8-10(17)2-7-14(13)18/h2-8H,9H2,1H3,(H,19,24). The van der Waals surface area contributed by atoms with E-state index in [1.165, 1.54) is 10.7 Å². The minimum Gasteiger partial charge on any atom is -0.497 e. The fourth-order valence-corrected chi connectivity index (χ4v) is 2.54. The Hall–Kier alpha value is -2.64. The third-order valence-electron chi connectivity index (χ3n) is 3.43. The Morgan fingerprint density at radius 1 is 1.20 bits per heavy atom. The number of ether oxygens (including phenoxy) is 1. The number of nitrogens with zero attached hydrogens (tertiary/aromatic N) is 4. The second-order valence-corrected chi connectivity index (χ2v) is 5.86. The van der Waals surface area contributed by atoms with Crippen LogP contribution in [0.25, 0.3) is 5.69 Å². The summed E-state index contributed by atoms with van der Waals surface area (Å²) in [7, 11) is 1.59. The van der Waals surface area contributed by atoms with Crippen molar-refractivity contribution in [3.8, 4) is 11.4 Å². The van der Waals surface area contributed by atoms with Crippen LogP contribution in [0.2, 0.25) is 10.0 Å². The van der Waals surface area contributed by atoms with E-state index < -0.39 is 0 Å². The molecule has 1 N–H and O–H groups in total. The fourth-order valence-electron chi connectivity index (χ4n) is 2.17. The molecule has 0 spiro atoms. The van der Waals surface area contributed by atoms with Crippen LogP contribution in [0.3, 0.4) is 0 Å². The lowest BCUT2D eigenvalue weighted by Gasteiger charge is -2.08. The van der Waals surface area contributed by atoms with Crippen molar-refractivity contribution in [3.63, 3.8) is 0 Å². The number of benzene rings is 2. The van der Waals surface area contributed by atoms with Crippen LogP contribution in [-0.2, 0) is 6.54 Å². The first kappa shape index (κ1) is 17.2. The second kappa shape index (κ2) is 7.50. The van der Waals surface area contributed by atoms with Crippen molar-refractivity contribution >= 4 is 29.1 Å². The smallest absolute Gasteiger partial charge is 0.253 e. The summed E-state index contributed by atoms with van der Waals surface area (Å²) in [6, 6.07) is 11.9. The molecular formula is C16H13Cl2N5O2. The SMILES string of the molecule is COc1ccc(-n2nnnc2CNC(=O)c2cc(Cl)ccc2Cl)cc1. The molecule has 0 aliphatic rings. The number of nitrogens with one attached hydrogen (secondary N) is 1. The average Bonchev–Trinajstić information content (AvgIpc) is 3.10. The van der Waals surface area contributed by atoms with Crippen molar-refractivity contribution in [1.29, 1.82) is 0 Å². The molecule has 128 valence electrons. The van der Waals surface area contributed by atoms with Crippen molar-refractivity contribution in [1.82, 2.24) is 25.5 Å². The maximum Gasteiger partial charge on any atom is 0.253 e. The van der Waals surface area contributed by atoms with Crippen LogP contribution in [-0.4, -0.2) is 33.2 Å². The average molecular weight is 378 g/mol. The third-order valence-corrected chi connectivity index (χ3v) is 4.00. The van der Waals surface area contributed by atoms with E-state index in [0.717, 1.165) is 11.4 Å². The Morgan fingerprint density at radius 2 is 1.96 bits per heavy atom. The number of tetrazole rings is 1. The first-order valence-corrected chi connectivity index (χ1v) is 7.99. The highest BCUT2D eigenvalue weighted by molar-refractivity contribution is 6.35. The Labute approximate surface area is 153 Å². The van der Waals surface area contributed by atoms with Gasteiger partial charge in [0, 0.05) is 5.02 Å². The highest BCUT2D eigenvalue weighted by Gasteiger charge is 2.14. The summed E-state index contributed by atoms with van der Waals surface area (Å²) in [6.45, 7) is 0.126. The zero-order chi connectivity index (χ0) is 17.8. The van der Waals surface area contributed by atoms with Crippen LogP contribution >= 0.6 is 23.2 Å². The lowest BCUT2D eigenvalue weighted by molar-refractivity contribution is 0.0950. The molecule has 7 nitrogen and oxygen atoms in total. The van der Waals surface area contributed by atoms with Crippen LogP contribution in [0.15, 0.2) is 42.5 Å². The third kappa shape index (κ3) is 3.89. The van der Waals surface area contributed by atoms with Crippen LogP contribution in [0.4, 0.5) is 0 Å². The molecule has 1 aromatic heterocycles. The Kier molecular flexibility index (Phi) is 5.16. The van der Waals surface area contributed by atoms with Gasteiger partial charge in [0.1, 0.15) is 5.75 Å². The lowest BCUT2D eigenvalue weighted by atomic mass is 10.2. The van der Waals surface area contributed by atoms with Crippen LogP contribution in [0, 0.1) is 0 Å². The summed E-state index contributed by atoms with van der Waals surface area (Å²) in [5.74, 6) is 0.829. The molecule has 0 bridgehead atoms. The molecule has 2 aromatic carbocycles. The molecule has 1 heterocycles. The van der Waals surface area contributed by atoms with Crippen molar-refractivity contribution in [3.05, 3.63) is 63.9 Å². The van der Waals surface area contributed by atoms with Crippen LogP contribution in [0.1, 0.15) is 16.2 Å². The zero-order valence-corrected chi connectivity index (χ0v) is 14.6. The Morgan fingerprint density at radius 3 is 2.68 bits per heavy atom. The molecule has 9 heteroatoms. The minimum absolute atomic E-state index is 0.126. The van der Waals surface area contributed by atoms with Gasteiger partial charge in [0.2, 0.25) is 0 Å². The van der Waals surface area contributed by atoms with Gasteiger partial charge in [-0.25, -0.2) is 0 Å². The van der Waals surface area contributed by atoms with Gasteiger partial charge >= 0.3 is 0 Å². The molecule has 25 heavy (non-hydrogen) atoms. The van der Waals surface area contributed by atoms with Gasteiger partial charge in [-0.3, -0.25) is 4.79 Å². The van der Waals surface area contributed by atoms with Gasteiger partial charge in [-0.15, -0.1) is 5.10 Å². The molecule has 0 fully saturated rings. The van der Waals surface area contributed by atoms with E-state index in [9.17, 15) is 4.79 Å². The van der Waals surface area contributed by atoms with E-state index >= 15 is 0 Å². The molecule has 3 aromatic rings. The molecule has 1 amide bonds. The number of carbonyl (C=O) groups excluding carboxylic acids is 1. The van der Waals surface area contributed by atoms with Crippen molar-refractivity contribution in [2.45, 2.75) is 6.54 Å². The molecule has 0 aliphatic carbocycles. The largest absolute Gasteiger partial charge is 0.497 e. The van der Waals surface area contributed by atoms with E-state index in [1.54, 1.807) is 31.4 Å². The van der Waals surface area contributed by atoms with E-state index in [2.05, 4.69) is 20.8 Å². The molecule has 0 aliphatic heterocycles. The number of hydrogen-bond donors (Lipinski definition) is 1. The number of halogens is 2. The summed E-state index contributed by atoms with van der Waals surface area (Å²) < 4.78 is 6.65. The van der Waals surface area contributed by atoms with E-state index in [0.29, 0.717) is 15.9 Å². The molecule has 0 radical (unpaired) electrons. The topological polar surface area (TPSA) is 81.9 Å². The normalized spacial score (nSPS) is 10.5. The molecule has 3 rings (SSSR count). The molecule has 0 atom stereocenters. The fraction of sp³-hybridized carbons (Fsp3) is 0.125. The van der Waals surface area contributed by atoms with Gasteiger partial charge in [-0.05, 0) is 52.9 Å². The summed E-state index contributed by atoms with van der Waals surface area (Å²) in [5.41, 5.74) is 1.04. The first-order chi connectivity index (χ1) is 12.1. The predicted octanol–water partition coefficient (Wildman–Crippen LogP) is 2.91. The number of methoxy groups -OCH3 is 1. The first-order valence-electron chi connectivity index (χ1n) is 7.23. The van der Waals surface area contributed by atoms with Crippen molar-refractivity contribution in [2.75, 3.05) is 7.11 Å². The summed E-state index contributed by atoms with van der Waals surface area (Å²) >= 11 is 11.9. The van der Waals surface area contributed by atoms with Crippen molar-refractivity contribution in [2.24, 2.45) is 0 Å². The van der Waals surface area contributed by atoms with Gasteiger partial charge in [-0.1, -0.05) is 23.2 Å². The Bertz CT molecular complexity index is 896. The quantitative estimate of drug-likeness (QED) is 0.738. The van der Waals surface area contributed by atoms with Crippen molar-refractivity contribution < 1.29 is 9.53 Å². The second-order valence-electron chi connectivity index (χ2n) is 5.01. The summed E-state index contributed by atoms with van der Waals surface area (Å²) in [5, 5.41) is 15.0. The molecule has 0 unspecified atom stereocenters. The number of aromatic nitrogens is 4. The van der Waals surface area contributed by atoms with E-state index in [1.807, 2.05) is 12.1 Å². The highest BCUT2D eigenvalue weighted by Crippen LogP contribution is 2.20. The maximum atomic E-state index is 12.3. The van der Waals surface area contributed by atoms with E-state index in [-0.39, 0.29) is 18.0 Å². The molecular weight excluding hydrogens is 365 g/mol. The molecule has 0 saturated heterocycles. The predicted molar refractivity (Wildman–Crippen MR) is 93.3 cm³/mol. The lowest BCUT2D eigenvalue weighted by Crippen LogP contribution is -2.25. The van der Waals surface area contributed by atoms with Crippen LogP contribution < -0.4 is 10.1 Å². The van der Waals surface area contributed by atoms with Gasteiger partial charge in [0.05, 0.1) is 29.9 Å². The van der Waals surface area contributed by atoms with Gasteiger partial charge in [0.15, 0.2) is 5.82 Å². The van der Waals surface area contributed by atoms with Gasteiger partial charge < -0.3 is 10.1 Å². The number of rotatable bonds is 5. The summed E-state index contributed by atoms with van der Waals surface area (Å²) in [6.07, 6.45) is 0. The minimum atomic E-state index is -0.364. The zero-order valence-electron chi connectivity index (χ0n) is 13.1.